The van der Waals surface area contributed by atoms with Crippen LogP contribution >= 0.6 is 0 Å². The Balaban J connectivity index is 1.43. The van der Waals surface area contributed by atoms with E-state index in [0.29, 0.717) is 36.9 Å². The van der Waals surface area contributed by atoms with Gasteiger partial charge in [-0.1, -0.05) is 12.1 Å². The van der Waals surface area contributed by atoms with E-state index in [1.165, 1.54) is 6.07 Å². The molecular weight excluding hydrogens is 386 g/mol. The number of aromatic amines is 1. The molecular formula is C21H27N5O4. The first-order chi connectivity index (χ1) is 14.6. The second-order valence-electron chi connectivity index (χ2n) is 7.48. The van der Waals surface area contributed by atoms with Gasteiger partial charge in [-0.25, -0.2) is 4.98 Å². The predicted molar refractivity (Wildman–Crippen MR) is 113 cm³/mol. The first-order valence-electron chi connectivity index (χ1n) is 10.2. The molecule has 160 valence electrons. The van der Waals surface area contributed by atoms with Crippen LogP contribution < -0.4 is 20.5 Å². The highest BCUT2D eigenvalue weighted by Gasteiger charge is 2.34. The molecule has 30 heavy (non-hydrogen) atoms. The molecule has 0 saturated carbocycles. The Hall–Kier alpha value is -2.91. The Morgan fingerprint density at radius 2 is 2.07 bits per heavy atom. The van der Waals surface area contributed by atoms with Crippen LogP contribution in [0.15, 0.2) is 35.1 Å². The van der Waals surface area contributed by atoms with Gasteiger partial charge in [-0.3, -0.25) is 19.5 Å². The number of H-pyrrole nitrogens is 1. The first-order valence-corrected chi connectivity index (χ1v) is 10.2. The van der Waals surface area contributed by atoms with E-state index in [-0.39, 0.29) is 17.4 Å². The van der Waals surface area contributed by atoms with Crippen molar-refractivity contribution in [1.29, 1.82) is 0 Å². The molecule has 1 atom stereocenters. The maximum Gasteiger partial charge on any atom is 0.252 e. The van der Waals surface area contributed by atoms with Gasteiger partial charge in [0.1, 0.15) is 5.75 Å². The molecule has 0 spiro atoms. The first kappa shape index (κ1) is 20.4. The largest absolute Gasteiger partial charge is 0.495 e. The third-order valence-corrected chi connectivity index (χ3v) is 5.50. The number of nitrogens with one attached hydrogen (secondary N) is 2. The van der Waals surface area contributed by atoms with Gasteiger partial charge in [0.2, 0.25) is 11.9 Å². The number of para-hydroxylation sites is 2. The van der Waals surface area contributed by atoms with Crippen molar-refractivity contribution in [2.45, 2.75) is 12.3 Å². The smallest absolute Gasteiger partial charge is 0.252 e. The third-order valence-electron chi connectivity index (χ3n) is 5.50. The maximum absolute atomic E-state index is 12.7. The SMILES string of the molecule is COc1ccccc1N1CC(c2cc(=O)[nH]c(NCCN3CCOCC3)n2)CC1=O. The molecule has 4 rings (SSSR count). The van der Waals surface area contributed by atoms with Crippen molar-refractivity contribution in [2.75, 3.05) is 63.3 Å². The van der Waals surface area contributed by atoms with Gasteiger partial charge in [-0.15, -0.1) is 0 Å². The molecule has 2 aliphatic heterocycles. The number of rotatable bonds is 7. The zero-order chi connectivity index (χ0) is 20.9. The number of hydrogen-bond acceptors (Lipinski definition) is 7. The van der Waals surface area contributed by atoms with Gasteiger partial charge in [-0.05, 0) is 12.1 Å². The number of nitrogens with zero attached hydrogens (tertiary/aromatic N) is 3. The minimum Gasteiger partial charge on any atom is -0.495 e. The quantitative estimate of drug-likeness (QED) is 0.700. The topological polar surface area (TPSA) is 99.8 Å². The lowest BCUT2D eigenvalue weighted by Crippen LogP contribution is -2.39. The number of hydrogen-bond donors (Lipinski definition) is 2. The van der Waals surface area contributed by atoms with E-state index in [4.69, 9.17) is 9.47 Å². The average Bonchev–Trinajstić information content (AvgIpc) is 3.15. The highest BCUT2D eigenvalue weighted by atomic mass is 16.5. The number of aromatic nitrogens is 2. The minimum absolute atomic E-state index is 0.00610. The molecule has 9 nitrogen and oxygen atoms in total. The number of benzene rings is 1. The Kier molecular flexibility index (Phi) is 6.29. The summed E-state index contributed by atoms with van der Waals surface area (Å²) in [5.74, 6) is 0.933. The number of morpholine rings is 1. The van der Waals surface area contributed by atoms with E-state index in [1.54, 1.807) is 12.0 Å². The van der Waals surface area contributed by atoms with E-state index in [2.05, 4.69) is 20.2 Å². The highest BCUT2D eigenvalue weighted by molar-refractivity contribution is 5.97. The van der Waals surface area contributed by atoms with Crippen molar-refractivity contribution in [3.63, 3.8) is 0 Å². The summed E-state index contributed by atoms with van der Waals surface area (Å²) in [5.41, 5.74) is 1.14. The fourth-order valence-electron chi connectivity index (χ4n) is 3.92. The van der Waals surface area contributed by atoms with Gasteiger partial charge in [0, 0.05) is 51.1 Å². The lowest BCUT2D eigenvalue weighted by atomic mass is 10.0. The molecule has 3 heterocycles. The monoisotopic (exact) mass is 413 g/mol. The van der Waals surface area contributed by atoms with E-state index < -0.39 is 0 Å². The number of amides is 1. The third kappa shape index (κ3) is 4.63. The van der Waals surface area contributed by atoms with Crippen LogP contribution in [-0.2, 0) is 9.53 Å². The number of methoxy groups -OCH3 is 1. The van der Waals surface area contributed by atoms with Gasteiger partial charge >= 0.3 is 0 Å². The maximum atomic E-state index is 12.7. The molecule has 1 aromatic carbocycles. The van der Waals surface area contributed by atoms with Gasteiger partial charge in [0.05, 0.1) is 31.7 Å². The predicted octanol–water partition coefficient (Wildman–Crippen LogP) is 1.04. The number of ether oxygens (including phenoxy) is 2. The summed E-state index contributed by atoms with van der Waals surface area (Å²) in [5, 5.41) is 3.20. The van der Waals surface area contributed by atoms with Crippen LogP contribution in [0.1, 0.15) is 18.0 Å². The molecule has 1 unspecified atom stereocenters. The molecule has 0 radical (unpaired) electrons. The highest BCUT2D eigenvalue weighted by Crippen LogP contribution is 2.35. The lowest BCUT2D eigenvalue weighted by molar-refractivity contribution is -0.117. The molecule has 1 amide bonds. The second kappa shape index (κ2) is 9.27. The summed E-state index contributed by atoms with van der Waals surface area (Å²) in [6.45, 7) is 5.31. The van der Waals surface area contributed by atoms with Crippen LogP contribution in [0.25, 0.3) is 0 Å². The van der Waals surface area contributed by atoms with E-state index in [1.807, 2.05) is 24.3 Å². The van der Waals surface area contributed by atoms with Crippen molar-refractivity contribution >= 4 is 17.5 Å². The Labute approximate surface area is 175 Å². The molecule has 2 aromatic rings. The van der Waals surface area contributed by atoms with Crippen LogP contribution in [0.4, 0.5) is 11.6 Å². The van der Waals surface area contributed by atoms with E-state index >= 15 is 0 Å². The fraction of sp³-hybridized carbons (Fsp3) is 0.476. The summed E-state index contributed by atoms with van der Waals surface area (Å²) >= 11 is 0. The van der Waals surface area contributed by atoms with Gasteiger partial charge in [-0.2, -0.15) is 0 Å². The Bertz CT molecular complexity index is 941. The molecule has 2 saturated heterocycles. The zero-order valence-corrected chi connectivity index (χ0v) is 17.1. The van der Waals surface area contributed by atoms with E-state index in [9.17, 15) is 9.59 Å². The zero-order valence-electron chi connectivity index (χ0n) is 17.1. The summed E-state index contributed by atoms with van der Waals surface area (Å²) in [7, 11) is 1.59. The summed E-state index contributed by atoms with van der Waals surface area (Å²) in [6, 6.07) is 8.92. The summed E-state index contributed by atoms with van der Waals surface area (Å²) in [6.07, 6.45) is 0.307. The molecule has 2 fully saturated rings. The second-order valence-corrected chi connectivity index (χ2v) is 7.48. The van der Waals surface area contributed by atoms with Crippen molar-refractivity contribution in [3.05, 3.63) is 46.4 Å². The van der Waals surface area contributed by atoms with Crippen LogP contribution in [0.2, 0.25) is 0 Å². The number of carbonyl (C=O) groups excluding carboxylic acids is 1. The average molecular weight is 413 g/mol. The molecule has 1 aromatic heterocycles. The summed E-state index contributed by atoms with van der Waals surface area (Å²) < 4.78 is 10.7. The van der Waals surface area contributed by atoms with Crippen LogP contribution in [0.5, 0.6) is 5.75 Å². The standard InChI is InChI=1S/C21H27N5O4/c1-29-18-5-3-2-4-17(18)26-14-15(12-20(26)28)16-13-19(27)24-21(23-16)22-6-7-25-8-10-30-11-9-25/h2-5,13,15H,6-12,14H2,1H3,(H2,22,23,24,27). The van der Waals surface area contributed by atoms with Gasteiger partial charge in [0.15, 0.2) is 0 Å². The Morgan fingerprint density at radius 1 is 1.27 bits per heavy atom. The number of anilines is 2. The molecule has 0 bridgehead atoms. The van der Waals surface area contributed by atoms with Crippen molar-refractivity contribution < 1.29 is 14.3 Å². The summed E-state index contributed by atoms with van der Waals surface area (Å²) in [4.78, 5) is 36.2. The van der Waals surface area contributed by atoms with Gasteiger partial charge < -0.3 is 19.7 Å². The van der Waals surface area contributed by atoms with Crippen LogP contribution in [-0.4, -0.2) is 73.8 Å². The number of carbonyl (C=O) groups is 1. The molecule has 2 aliphatic rings. The van der Waals surface area contributed by atoms with E-state index in [0.717, 1.165) is 38.5 Å². The molecule has 0 aliphatic carbocycles. The minimum atomic E-state index is -0.225. The fourth-order valence-corrected chi connectivity index (χ4v) is 3.92. The van der Waals surface area contributed by atoms with Crippen LogP contribution in [0, 0.1) is 0 Å². The molecule has 2 N–H and O–H groups in total. The normalized spacial score (nSPS) is 19.8. The van der Waals surface area contributed by atoms with Crippen molar-refractivity contribution in [2.24, 2.45) is 0 Å². The van der Waals surface area contributed by atoms with Crippen LogP contribution in [0.3, 0.4) is 0 Å². The van der Waals surface area contributed by atoms with Crippen molar-refractivity contribution in [1.82, 2.24) is 14.9 Å². The van der Waals surface area contributed by atoms with Gasteiger partial charge in [0.25, 0.3) is 5.56 Å². The van der Waals surface area contributed by atoms with Crippen molar-refractivity contribution in [3.8, 4) is 5.75 Å². The molecule has 9 heteroatoms. The lowest BCUT2D eigenvalue weighted by Gasteiger charge is -2.26. The Morgan fingerprint density at radius 3 is 2.87 bits per heavy atom.